The smallest absolute Gasteiger partial charge is 0.226 e. The molecule has 176 valence electrons. The van der Waals surface area contributed by atoms with Crippen LogP contribution in [0.3, 0.4) is 0 Å². The minimum Gasteiger partial charge on any atom is -0.427 e. The fraction of sp³-hybridized carbons (Fsp3) is 0.240. The van der Waals surface area contributed by atoms with Gasteiger partial charge in [0.1, 0.15) is 5.84 Å². The summed E-state index contributed by atoms with van der Waals surface area (Å²) in [6.45, 7) is 0.895. The molecule has 3 aromatic rings. The van der Waals surface area contributed by atoms with Crippen LogP contribution < -0.4 is 22.3 Å². The van der Waals surface area contributed by atoms with E-state index in [2.05, 4.69) is 10.3 Å². The number of aromatic nitrogens is 1. The topological polar surface area (TPSA) is 143 Å². The lowest BCUT2D eigenvalue weighted by Gasteiger charge is -2.16. The van der Waals surface area contributed by atoms with Crippen LogP contribution in [0.2, 0.25) is 5.02 Å². The van der Waals surface area contributed by atoms with Crippen LogP contribution in [0.5, 0.6) is 0 Å². The summed E-state index contributed by atoms with van der Waals surface area (Å²) < 4.78 is 0.952. The summed E-state index contributed by atoms with van der Waals surface area (Å²) in [4.78, 5) is 17.4. The molecule has 1 amide bonds. The van der Waals surface area contributed by atoms with Crippen LogP contribution in [0.1, 0.15) is 29.7 Å². The molecule has 34 heavy (non-hydrogen) atoms. The molecule has 7 N–H and O–H groups in total. The first-order valence-corrected chi connectivity index (χ1v) is 11.4. The number of hydrogen-bond donors (Lipinski definition) is 5. The van der Waals surface area contributed by atoms with Crippen molar-refractivity contribution in [3.63, 3.8) is 0 Å². The Labute approximate surface area is 202 Å². The Morgan fingerprint density at radius 3 is 2.59 bits per heavy atom. The number of pyridine rings is 1. The molecule has 1 fully saturated rings. The van der Waals surface area contributed by atoms with Gasteiger partial charge in [0.2, 0.25) is 5.91 Å². The van der Waals surface area contributed by atoms with Crippen molar-refractivity contribution in [2.24, 2.45) is 16.6 Å². The zero-order valence-electron chi connectivity index (χ0n) is 18.6. The average molecular weight is 479 g/mol. The predicted octanol–water partition coefficient (Wildman–Crippen LogP) is 3.08. The van der Waals surface area contributed by atoms with Crippen LogP contribution in [0, 0.1) is 11.3 Å². The number of amides is 1. The van der Waals surface area contributed by atoms with E-state index in [0.29, 0.717) is 51.0 Å². The average Bonchev–Trinajstić information content (AvgIpc) is 3.64. The summed E-state index contributed by atoms with van der Waals surface area (Å²) in [6.07, 6.45) is 2.15. The maximum atomic E-state index is 12.9. The lowest BCUT2D eigenvalue weighted by molar-refractivity contribution is -0.120. The standard InChI is InChI=1S/C25H27ClN6O2/c26-20-11-22(30-13-15-4-5-15)32(34)21(24(20)18-2-1-3-19(27)10-18)12-23(33)31-14-16-6-8-17(9-7-16)25(28)29/h1-3,6-11,15,34H,4-5,12-14,27H2,(H3,28,29)(H,31,33). The van der Waals surface area contributed by atoms with Gasteiger partial charge in [0.05, 0.1) is 17.1 Å². The van der Waals surface area contributed by atoms with Crippen LogP contribution in [-0.4, -0.2) is 28.2 Å². The summed E-state index contributed by atoms with van der Waals surface area (Å²) in [5.74, 6) is 0.230. The largest absolute Gasteiger partial charge is 0.427 e. The molecular formula is C25H27ClN6O2. The summed E-state index contributed by atoms with van der Waals surface area (Å²) in [5.41, 5.74) is 15.3. The summed E-state index contributed by atoms with van der Waals surface area (Å²) in [5, 5.41) is 21.7. The van der Waals surface area contributed by atoms with Crippen LogP contribution in [0.25, 0.3) is 11.1 Å². The van der Waals surface area contributed by atoms with Gasteiger partial charge in [-0.2, -0.15) is 4.73 Å². The second-order valence-corrected chi connectivity index (χ2v) is 8.86. The van der Waals surface area contributed by atoms with Gasteiger partial charge < -0.3 is 22.0 Å². The van der Waals surface area contributed by atoms with Gasteiger partial charge in [-0.3, -0.25) is 15.2 Å². The Morgan fingerprint density at radius 1 is 1.21 bits per heavy atom. The Bertz CT molecular complexity index is 1300. The van der Waals surface area contributed by atoms with E-state index in [9.17, 15) is 10.0 Å². The van der Waals surface area contributed by atoms with Gasteiger partial charge >= 0.3 is 0 Å². The first-order chi connectivity index (χ1) is 16.3. The molecule has 1 aliphatic carbocycles. The number of nitrogens with one attached hydrogen (secondary N) is 2. The fourth-order valence-corrected chi connectivity index (χ4v) is 3.96. The lowest BCUT2D eigenvalue weighted by atomic mass is 10.0. The molecule has 0 unspecified atom stereocenters. The molecule has 1 aromatic heterocycles. The zero-order valence-corrected chi connectivity index (χ0v) is 19.3. The van der Waals surface area contributed by atoms with Crippen molar-refractivity contribution in [3.8, 4) is 11.1 Å². The minimum atomic E-state index is -0.293. The molecule has 0 aliphatic heterocycles. The van der Waals surface area contributed by atoms with Gasteiger partial charge in [-0.15, -0.1) is 0 Å². The number of nitrogens with zero attached hydrogens (tertiary/aromatic N) is 2. The maximum Gasteiger partial charge on any atom is 0.226 e. The summed E-state index contributed by atoms with van der Waals surface area (Å²) in [6, 6.07) is 15.8. The lowest BCUT2D eigenvalue weighted by Crippen LogP contribution is -2.30. The predicted molar refractivity (Wildman–Crippen MR) is 133 cm³/mol. The summed E-state index contributed by atoms with van der Waals surface area (Å²) in [7, 11) is 0. The third kappa shape index (κ3) is 5.58. The number of halogens is 1. The molecule has 0 spiro atoms. The number of nitrogens with two attached hydrogens (primary N) is 2. The molecule has 2 aromatic carbocycles. The number of nitrogen functional groups attached to an aromatic ring is 2. The number of carbonyl (C=O) groups is 1. The normalized spacial score (nSPS) is 13.6. The van der Waals surface area contributed by atoms with Crippen molar-refractivity contribution >= 4 is 29.0 Å². The number of benzene rings is 2. The van der Waals surface area contributed by atoms with Gasteiger partial charge in [0, 0.05) is 36.0 Å². The van der Waals surface area contributed by atoms with Gasteiger partial charge in [-0.1, -0.05) is 48.0 Å². The number of anilines is 1. The maximum absolute atomic E-state index is 12.9. The SMILES string of the molecule is N=C(N)c1ccc(CNC(=O)Cc2c(-c3cccc(N)c3)c(Cl)cc(=NCC3CC3)n2O)cc1. The fourth-order valence-electron chi connectivity index (χ4n) is 3.64. The zero-order chi connectivity index (χ0) is 24.2. The van der Waals surface area contributed by atoms with Crippen molar-refractivity contribution < 1.29 is 10.0 Å². The Hall–Kier alpha value is -3.78. The van der Waals surface area contributed by atoms with E-state index in [0.717, 1.165) is 23.1 Å². The van der Waals surface area contributed by atoms with E-state index in [1.54, 1.807) is 48.5 Å². The first kappa shape index (κ1) is 23.4. The molecule has 4 rings (SSSR count). The second-order valence-electron chi connectivity index (χ2n) is 8.46. The van der Waals surface area contributed by atoms with Gasteiger partial charge in [0.15, 0.2) is 5.49 Å². The molecule has 8 nitrogen and oxygen atoms in total. The van der Waals surface area contributed by atoms with Crippen LogP contribution >= 0.6 is 11.6 Å². The molecular weight excluding hydrogens is 452 g/mol. The van der Waals surface area contributed by atoms with Gasteiger partial charge in [-0.05, 0) is 42.0 Å². The van der Waals surface area contributed by atoms with Gasteiger partial charge in [0.25, 0.3) is 0 Å². The summed E-state index contributed by atoms with van der Waals surface area (Å²) >= 11 is 6.64. The third-order valence-electron chi connectivity index (χ3n) is 5.72. The Kier molecular flexibility index (Phi) is 6.88. The number of carbonyl (C=O) groups excluding carboxylic acids is 1. The van der Waals surface area contributed by atoms with Crippen LogP contribution in [0.4, 0.5) is 5.69 Å². The van der Waals surface area contributed by atoms with E-state index in [1.165, 1.54) is 0 Å². The van der Waals surface area contributed by atoms with Crippen molar-refractivity contribution in [3.05, 3.63) is 81.9 Å². The van der Waals surface area contributed by atoms with E-state index in [4.69, 9.17) is 28.5 Å². The third-order valence-corrected chi connectivity index (χ3v) is 6.02. The Balaban J connectivity index is 1.62. The number of hydrogen-bond acceptors (Lipinski definition) is 5. The molecule has 0 saturated heterocycles. The van der Waals surface area contributed by atoms with Crippen LogP contribution in [-0.2, 0) is 17.8 Å². The Morgan fingerprint density at radius 2 is 1.94 bits per heavy atom. The number of amidine groups is 1. The minimum absolute atomic E-state index is 0.0129. The number of rotatable bonds is 8. The highest BCUT2D eigenvalue weighted by atomic mass is 35.5. The monoisotopic (exact) mass is 478 g/mol. The highest BCUT2D eigenvalue weighted by Crippen LogP contribution is 2.32. The molecule has 0 bridgehead atoms. The van der Waals surface area contributed by atoms with Crippen molar-refractivity contribution in [1.29, 1.82) is 5.41 Å². The molecule has 1 saturated carbocycles. The van der Waals surface area contributed by atoms with Crippen molar-refractivity contribution in [1.82, 2.24) is 10.0 Å². The van der Waals surface area contributed by atoms with Crippen molar-refractivity contribution in [2.45, 2.75) is 25.8 Å². The highest BCUT2D eigenvalue weighted by molar-refractivity contribution is 6.33. The quantitative estimate of drug-likeness (QED) is 0.147. The molecule has 1 heterocycles. The van der Waals surface area contributed by atoms with E-state index in [-0.39, 0.29) is 24.7 Å². The highest BCUT2D eigenvalue weighted by Gasteiger charge is 2.22. The van der Waals surface area contributed by atoms with E-state index < -0.39 is 0 Å². The van der Waals surface area contributed by atoms with E-state index >= 15 is 0 Å². The molecule has 0 atom stereocenters. The molecule has 1 aliphatic rings. The molecule has 9 heteroatoms. The van der Waals surface area contributed by atoms with E-state index in [1.807, 2.05) is 6.07 Å². The van der Waals surface area contributed by atoms with Crippen LogP contribution in [0.15, 0.2) is 59.6 Å². The van der Waals surface area contributed by atoms with Gasteiger partial charge in [-0.25, -0.2) is 0 Å². The van der Waals surface area contributed by atoms with Crippen molar-refractivity contribution in [2.75, 3.05) is 12.3 Å². The molecule has 0 radical (unpaired) electrons. The first-order valence-electron chi connectivity index (χ1n) is 11.0. The second kappa shape index (κ2) is 10.0.